The molecular formula is C31H34ClFN2O2S. The second-order valence-electron chi connectivity index (χ2n) is 9.82. The minimum absolute atomic E-state index is 0.111. The van der Waals surface area contributed by atoms with Crippen LogP contribution in [0.2, 0.25) is 5.02 Å². The second-order valence-corrected chi connectivity index (χ2v) is 11.2. The number of nitrogens with zero attached hydrogens (tertiary/aromatic N) is 1. The number of benzene rings is 3. The first-order chi connectivity index (χ1) is 18.5. The van der Waals surface area contributed by atoms with Crippen LogP contribution in [0, 0.1) is 5.82 Å². The summed E-state index contributed by atoms with van der Waals surface area (Å²) < 4.78 is 13.3. The maximum atomic E-state index is 13.8. The molecule has 0 heterocycles. The van der Waals surface area contributed by atoms with Crippen LogP contribution < -0.4 is 5.32 Å². The SMILES string of the molecule is O=C(NC1CCCCC1)[C@@H](Cc1ccccc1)N(Cc1cccc(Cl)c1)C(=O)CSCc1ccc(F)cc1. The van der Waals surface area contributed by atoms with E-state index in [1.54, 1.807) is 23.1 Å². The number of thioether (sulfide) groups is 1. The highest BCUT2D eigenvalue weighted by atomic mass is 35.5. The fourth-order valence-corrected chi connectivity index (χ4v) is 5.93. The third-order valence-electron chi connectivity index (χ3n) is 6.87. The number of carbonyl (C=O) groups is 2. The topological polar surface area (TPSA) is 49.4 Å². The molecule has 1 fully saturated rings. The lowest BCUT2D eigenvalue weighted by Gasteiger charge is -2.33. The first-order valence-corrected chi connectivity index (χ1v) is 14.7. The van der Waals surface area contributed by atoms with Gasteiger partial charge in [-0.25, -0.2) is 4.39 Å². The summed E-state index contributed by atoms with van der Waals surface area (Å²) in [5.74, 6) is 0.279. The molecule has 38 heavy (non-hydrogen) atoms. The van der Waals surface area contributed by atoms with E-state index in [9.17, 15) is 14.0 Å². The first-order valence-electron chi connectivity index (χ1n) is 13.2. The number of hydrogen-bond acceptors (Lipinski definition) is 3. The zero-order valence-electron chi connectivity index (χ0n) is 21.5. The molecular weight excluding hydrogens is 519 g/mol. The maximum absolute atomic E-state index is 13.8. The predicted molar refractivity (Wildman–Crippen MR) is 154 cm³/mol. The first kappa shape index (κ1) is 28.2. The zero-order chi connectivity index (χ0) is 26.7. The van der Waals surface area contributed by atoms with Gasteiger partial charge >= 0.3 is 0 Å². The van der Waals surface area contributed by atoms with Crippen LogP contribution in [0.25, 0.3) is 0 Å². The van der Waals surface area contributed by atoms with Crippen molar-refractivity contribution in [3.05, 3.63) is 106 Å². The van der Waals surface area contributed by atoms with E-state index in [0.717, 1.165) is 42.4 Å². The van der Waals surface area contributed by atoms with Gasteiger partial charge in [-0.2, -0.15) is 0 Å². The monoisotopic (exact) mass is 552 g/mol. The van der Waals surface area contributed by atoms with E-state index < -0.39 is 6.04 Å². The van der Waals surface area contributed by atoms with Crippen LogP contribution in [-0.4, -0.2) is 34.6 Å². The summed E-state index contributed by atoms with van der Waals surface area (Å²) >= 11 is 7.72. The van der Waals surface area contributed by atoms with Crippen molar-refractivity contribution in [3.8, 4) is 0 Å². The standard InChI is InChI=1S/C31H34ClFN2O2S/c32-26-11-7-10-25(18-26)20-35(30(36)22-38-21-24-14-16-27(33)17-15-24)29(19-23-8-3-1-4-9-23)31(37)34-28-12-5-2-6-13-28/h1,3-4,7-11,14-18,28-29H,2,5-6,12-13,19-22H2,(H,34,37)/t29-/m1/s1. The van der Waals surface area contributed by atoms with E-state index in [4.69, 9.17) is 11.6 Å². The van der Waals surface area contributed by atoms with Crippen LogP contribution in [0.3, 0.4) is 0 Å². The highest BCUT2D eigenvalue weighted by Crippen LogP contribution is 2.22. The molecule has 1 atom stereocenters. The Morgan fingerprint density at radius 3 is 2.34 bits per heavy atom. The largest absolute Gasteiger partial charge is 0.352 e. The number of halogens is 2. The van der Waals surface area contributed by atoms with Gasteiger partial charge in [0.2, 0.25) is 11.8 Å². The van der Waals surface area contributed by atoms with Crippen molar-refractivity contribution in [1.29, 1.82) is 0 Å². The summed E-state index contributed by atoms with van der Waals surface area (Å²) in [4.78, 5) is 29.2. The van der Waals surface area contributed by atoms with Gasteiger partial charge in [-0.05, 0) is 53.8 Å². The fourth-order valence-electron chi connectivity index (χ4n) is 4.85. The van der Waals surface area contributed by atoms with Gasteiger partial charge in [-0.1, -0.05) is 85.5 Å². The molecule has 4 rings (SSSR count). The second kappa shape index (κ2) is 14.4. The van der Waals surface area contributed by atoms with Gasteiger partial charge in [0.05, 0.1) is 5.75 Å². The molecule has 0 unspecified atom stereocenters. The Morgan fingerprint density at radius 1 is 0.921 bits per heavy atom. The number of rotatable bonds is 11. The van der Waals surface area contributed by atoms with Gasteiger partial charge in [-0.15, -0.1) is 11.8 Å². The normalized spacial score (nSPS) is 14.6. The van der Waals surface area contributed by atoms with E-state index in [1.165, 1.54) is 30.3 Å². The number of hydrogen-bond donors (Lipinski definition) is 1. The van der Waals surface area contributed by atoms with Gasteiger partial charge in [-0.3, -0.25) is 9.59 Å². The smallest absolute Gasteiger partial charge is 0.243 e. The van der Waals surface area contributed by atoms with Crippen molar-refractivity contribution in [2.24, 2.45) is 0 Å². The average Bonchev–Trinajstić information content (AvgIpc) is 2.93. The Bertz CT molecular complexity index is 1190. The molecule has 0 spiro atoms. The summed E-state index contributed by atoms with van der Waals surface area (Å²) in [5.41, 5.74) is 2.82. The molecule has 2 amide bonds. The molecule has 0 aromatic heterocycles. The molecule has 0 bridgehead atoms. The molecule has 0 radical (unpaired) electrons. The van der Waals surface area contributed by atoms with Crippen LogP contribution >= 0.6 is 23.4 Å². The third kappa shape index (κ3) is 8.60. The van der Waals surface area contributed by atoms with Gasteiger partial charge < -0.3 is 10.2 Å². The number of nitrogens with one attached hydrogen (secondary N) is 1. The van der Waals surface area contributed by atoms with Crippen LogP contribution in [-0.2, 0) is 28.3 Å². The molecule has 3 aromatic rings. The van der Waals surface area contributed by atoms with Crippen molar-refractivity contribution < 1.29 is 14.0 Å². The van der Waals surface area contributed by atoms with Crippen LogP contribution in [0.15, 0.2) is 78.9 Å². The number of amides is 2. The van der Waals surface area contributed by atoms with Gasteiger partial charge in [0, 0.05) is 29.8 Å². The molecule has 1 aliphatic carbocycles. The lowest BCUT2D eigenvalue weighted by Crippen LogP contribution is -2.53. The Labute approximate surface area is 234 Å². The molecule has 7 heteroatoms. The van der Waals surface area contributed by atoms with E-state index >= 15 is 0 Å². The Kier molecular flexibility index (Phi) is 10.6. The molecule has 4 nitrogen and oxygen atoms in total. The summed E-state index contributed by atoms with van der Waals surface area (Å²) in [7, 11) is 0. The Morgan fingerprint density at radius 2 is 1.63 bits per heavy atom. The van der Waals surface area contributed by atoms with E-state index in [-0.39, 0.29) is 36.0 Å². The third-order valence-corrected chi connectivity index (χ3v) is 8.10. The van der Waals surface area contributed by atoms with Crippen molar-refractivity contribution in [2.75, 3.05) is 5.75 Å². The summed E-state index contributed by atoms with van der Waals surface area (Å²) in [6.07, 6.45) is 5.79. The van der Waals surface area contributed by atoms with Crippen LogP contribution in [0.5, 0.6) is 0 Å². The molecule has 1 N–H and O–H groups in total. The quantitative estimate of drug-likeness (QED) is 0.284. The zero-order valence-corrected chi connectivity index (χ0v) is 23.0. The van der Waals surface area contributed by atoms with E-state index in [1.807, 2.05) is 48.5 Å². The lowest BCUT2D eigenvalue weighted by atomic mass is 9.94. The average molecular weight is 553 g/mol. The minimum atomic E-state index is -0.655. The van der Waals surface area contributed by atoms with Crippen molar-refractivity contribution >= 4 is 35.2 Å². The molecule has 1 aliphatic rings. The molecule has 1 saturated carbocycles. The van der Waals surface area contributed by atoms with Crippen molar-refractivity contribution in [2.45, 2.75) is 62.9 Å². The van der Waals surface area contributed by atoms with Crippen molar-refractivity contribution in [1.82, 2.24) is 10.2 Å². The van der Waals surface area contributed by atoms with Gasteiger partial charge in [0.1, 0.15) is 11.9 Å². The summed E-state index contributed by atoms with van der Waals surface area (Å²) in [5, 5.41) is 3.85. The number of carbonyl (C=O) groups excluding carboxylic acids is 2. The lowest BCUT2D eigenvalue weighted by molar-refractivity contribution is -0.139. The predicted octanol–water partition coefficient (Wildman–Crippen LogP) is 6.80. The van der Waals surface area contributed by atoms with Crippen molar-refractivity contribution in [3.63, 3.8) is 0 Å². The van der Waals surface area contributed by atoms with Crippen LogP contribution in [0.1, 0.15) is 48.8 Å². The molecule has 0 saturated heterocycles. The maximum Gasteiger partial charge on any atom is 0.243 e. The summed E-state index contributed by atoms with van der Waals surface area (Å²) in [6, 6.07) is 23.1. The van der Waals surface area contributed by atoms with E-state index in [2.05, 4.69) is 5.32 Å². The Balaban J connectivity index is 1.56. The van der Waals surface area contributed by atoms with Gasteiger partial charge in [0.25, 0.3) is 0 Å². The molecule has 3 aromatic carbocycles. The van der Waals surface area contributed by atoms with E-state index in [0.29, 0.717) is 17.2 Å². The highest BCUT2D eigenvalue weighted by Gasteiger charge is 2.31. The fraction of sp³-hybridized carbons (Fsp3) is 0.355. The van der Waals surface area contributed by atoms with Gasteiger partial charge in [0.15, 0.2) is 0 Å². The van der Waals surface area contributed by atoms with Crippen LogP contribution in [0.4, 0.5) is 4.39 Å². The molecule has 200 valence electrons. The highest BCUT2D eigenvalue weighted by molar-refractivity contribution is 7.99. The Hall–Kier alpha value is -2.83. The minimum Gasteiger partial charge on any atom is -0.352 e. The molecule has 0 aliphatic heterocycles. The summed E-state index contributed by atoms with van der Waals surface area (Å²) in [6.45, 7) is 0.284.